The number of likely N-dealkylation sites (tertiary alicyclic amines) is 1. The molecule has 138 valence electrons. The van der Waals surface area contributed by atoms with E-state index in [1.54, 1.807) is 0 Å². The minimum absolute atomic E-state index is 0. The molecule has 3 rings (SSSR count). The smallest absolute Gasteiger partial charge is 0.277 e. The molecular formula is C22H27ClN2O. The number of rotatable bonds is 4. The zero-order valence-corrected chi connectivity index (χ0v) is 16.3. The van der Waals surface area contributed by atoms with E-state index in [1.165, 1.54) is 19.3 Å². The fraction of sp³-hybridized carbons (Fsp3) is 0.364. The summed E-state index contributed by atoms with van der Waals surface area (Å²) in [7, 11) is 0. The van der Waals surface area contributed by atoms with Gasteiger partial charge in [-0.2, -0.15) is 0 Å². The molecule has 0 aliphatic carbocycles. The van der Waals surface area contributed by atoms with E-state index in [0.29, 0.717) is 5.56 Å². The SMILES string of the molecule is CC(C)(C(=NC(=O)c1ccccc1)c1ccccc1)N1CCCCC1.Cl. The first kappa shape index (κ1) is 20.3. The Balaban J connectivity index is 0.00000243. The predicted molar refractivity (Wildman–Crippen MR) is 111 cm³/mol. The van der Waals surface area contributed by atoms with Gasteiger partial charge in [0.25, 0.3) is 5.91 Å². The van der Waals surface area contributed by atoms with E-state index in [-0.39, 0.29) is 23.9 Å². The number of carbonyl (C=O) groups excluding carboxylic acids is 1. The van der Waals surface area contributed by atoms with Crippen LogP contribution in [0.15, 0.2) is 65.7 Å². The highest BCUT2D eigenvalue weighted by Gasteiger charge is 2.34. The molecule has 26 heavy (non-hydrogen) atoms. The highest BCUT2D eigenvalue weighted by Crippen LogP contribution is 2.26. The van der Waals surface area contributed by atoms with Gasteiger partial charge in [-0.1, -0.05) is 55.0 Å². The average Bonchev–Trinajstić information content (AvgIpc) is 2.68. The van der Waals surface area contributed by atoms with E-state index < -0.39 is 0 Å². The molecule has 1 fully saturated rings. The molecule has 0 atom stereocenters. The lowest BCUT2D eigenvalue weighted by Gasteiger charge is -2.41. The van der Waals surface area contributed by atoms with Crippen LogP contribution in [0.5, 0.6) is 0 Å². The molecule has 2 aromatic carbocycles. The van der Waals surface area contributed by atoms with Gasteiger partial charge in [0.15, 0.2) is 0 Å². The van der Waals surface area contributed by atoms with Crippen LogP contribution in [0.25, 0.3) is 0 Å². The molecule has 0 saturated carbocycles. The van der Waals surface area contributed by atoms with Gasteiger partial charge in [-0.25, -0.2) is 4.99 Å². The van der Waals surface area contributed by atoms with Crippen molar-refractivity contribution >= 4 is 24.0 Å². The zero-order chi connectivity index (χ0) is 17.7. The molecule has 0 N–H and O–H groups in total. The van der Waals surface area contributed by atoms with E-state index in [4.69, 9.17) is 0 Å². The summed E-state index contributed by atoms with van der Waals surface area (Å²) >= 11 is 0. The monoisotopic (exact) mass is 370 g/mol. The summed E-state index contributed by atoms with van der Waals surface area (Å²) in [4.78, 5) is 19.8. The Morgan fingerprint density at radius 3 is 1.88 bits per heavy atom. The molecule has 1 aliphatic heterocycles. The first-order chi connectivity index (χ1) is 12.1. The van der Waals surface area contributed by atoms with Crippen molar-refractivity contribution in [1.82, 2.24) is 4.90 Å². The predicted octanol–water partition coefficient (Wildman–Crippen LogP) is 5.00. The molecule has 1 heterocycles. The van der Waals surface area contributed by atoms with Crippen LogP contribution in [-0.2, 0) is 0 Å². The van der Waals surface area contributed by atoms with Crippen molar-refractivity contribution < 1.29 is 4.79 Å². The summed E-state index contributed by atoms with van der Waals surface area (Å²) < 4.78 is 0. The molecule has 2 aromatic rings. The normalized spacial score (nSPS) is 16.0. The van der Waals surface area contributed by atoms with Gasteiger partial charge < -0.3 is 0 Å². The van der Waals surface area contributed by atoms with E-state index in [2.05, 4.69) is 23.7 Å². The van der Waals surface area contributed by atoms with E-state index >= 15 is 0 Å². The van der Waals surface area contributed by atoms with E-state index in [0.717, 1.165) is 24.4 Å². The number of amides is 1. The van der Waals surface area contributed by atoms with Gasteiger partial charge in [-0.05, 0) is 57.5 Å². The zero-order valence-electron chi connectivity index (χ0n) is 15.5. The lowest BCUT2D eigenvalue weighted by molar-refractivity contribution is 0.0997. The number of nitrogens with zero attached hydrogens (tertiary/aromatic N) is 2. The highest BCUT2D eigenvalue weighted by atomic mass is 35.5. The van der Waals surface area contributed by atoms with Crippen LogP contribution in [0.3, 0.4) is 0 Å². The van der Waals surface area contributed by atoms with E-state index in [1.807, 2.05) is 60.7 Å². The third-order valence-electron chi connectivity index (χ3n) is 5.01. The first-order valence-corrected chi connectivity index (χ1v) is 9.08. The fourth-order valence-electron chi connectivity index (χ4n) is 3.50. The van der Waals surface area contributed by atoms with Crippen molar-refractivity contribution in [3.05, 3.63) is 71.8 Å². The maximum Gasteiger partial charge on any atom is 0.277 e. The molecule has 0 bridgehead atoms. The molecule has 3 nitrogen and oxygen atoms in total. The van der Waals surface area contributed by atoms with Crippen molar-refractivity contribution in [3.63, 3.8) is 0 Å². The Labute approximate surface area is 162 Å². The summed E-state index contributed by atoms with van der Waals surface area (Å²) in [5.41, 5.74) is 2.21. The van der Waals surface area contributed by atoms with Crippen LogP contribution in [0.2, 0.25) is 0 Å². The molecule has 0 aromatic heterocycles. The molecule has 1 saturated heterocycles. The summed E-state index contributed by atoms with van der Waals surface area (Å²) in [6, 6.07) is 19.4. The van der Waals surface area contributed by atoms with Gasteiger partial charge in [0.1, 0.15) is 0 Å². The molecule has 0 unspecified atom stereocenters. The summed E-state index contributed by atoms with van der Waals surface area (Å²) in [5, 5.41) is 0. The van der Waals surface area contributed by atoms with Gasteiger partial charge in [-0.3, -0.25) is 9.69 Å². The number of hydrogen-bond donors (Lipinski definition) is 0. The molecule has 1 amide bonds. The Kier molecular flexibility index (Phi) is 7.13. The summed E-state index contributed by atoms with van der Waals surface area (Å²) in [6.45, 7) is 6.47. The number of aliphatic imine (C=N–C) groups is 1. The number of benzene rings is 2. The van der Waals surface area contributed by atoms with Crippen molar-refractivity contribution in [2.75, 3.05) is 13.1 Å². The minimum Gasteiger partial charge on any atom is -0.293 e. The maximum atomic E-state index is 12.8. The Hall–Kier alpha value is -1.97. The van der Waals surface area contributed by atoms with Gasteiger partial charge in [0, 0.05) is 5.56 Å². The average molecular weight is 371 g/mol. The minimum atomic E-state index is -0.286. The standard InChI is InChI=1S/C22H26N2O.ClH/c1-22(2,24-16-10-5-11-17-24)20(18-12-6-3-7-13-18)23-21(25)19-14-8-4-9-15-19;/h3-4,6-9,12-15H,5,10-11,16-17H2,1-2H3;1H. The topological polar surface area (TPSA) is 32.7 Å². The molecule has 4 heteroatoms. The van der Waals surface area contributed by atoms with Gasteiger partial charge in [0.05, 0.1) is 11.3 Å². The summed E-state index contributed by atoms with van der Waals surface area (Å²) in [6.07, 6.45) is 3.70. The lowest BCUT2D eigenvalue weighted by Crippen LogP contribution is -2.52. The largest absolute Gasteiger partial charge is 0.293 e. The van der Waals surface area contributed by atoms with Crippen LogP contribution in [0, 0.1) is 0 Å². The molecule has 0 spiro atoms. The van der Waals surface area contributed by atoms with Crippen molar-refractivity contribution in [1.29, 1.82) is 0 Å². The van der Waals surface area contributed by atoms with Crippen LogP contribution >= 0.6 is 12.4 Å². The van der Waals surface area contributed by atoms with Gasteiger partial charge in [-0.15, -0.1) is 12.4 Å². The Morgan fingerprint density at radius 2 is 1.35 bits per heavy atom. The second-order valence-corrected chi connectivity index (χ2v) is 7.10. The Morgan fingerprint density at radius 1 is 0.846 bits per heavy atom. The number of carbonyl (C=O) groups is 1. The van der Waals surface area contributed by atoms with Crippen LogP contribution in [-0.4, -0.2) is 35.1 Å². The lowest BCUT2D eigenvalue weighted by atomic mass is 9.88. The maximum absolute atomic E-state index is 12.8. The fourth-order valence-corrected chi connectivity index (χ4v) is 3.50. The van der Waals surface area contributed by atoms with Crippen LogP contribution < -0.4 is 0 Å². The number of hydrogen-bond acceptors (Lipinski definition) is 2. The van der Waals surface area contributed by atoms with Gasteiger partial charge >= 0.3 is 0 Å². The van der Waals surface area contributed by atoms with Crippen LogP contribution in [0.1, 0.15) is 49.0 Å². The third-order valence-corrected chi connectivity index (χ3v) is 5.01. The van der Waals surface area contributed by atoms with Crippen molar-refractivity contribution in [2.45, 2.75) is 38.6 Å². The third kappa shape index (κ3) is 4.60. The number of piperidine rings is 1. The van der Waals surface area contributed by atoms with Crippen LogP contribution in [0.4, 0.5) is 0 Å². The molecule has 1 aliphatic rings. The number of halogens is 1. The Bertz CT molecular complexity index is 735. The second-order valence-electron chi connectivity index (χ2n) is 7.10. The van der Waals surface area contributed by atoms with Crippen molar-refractivity contribution in [3.8, 4) is 0 Å². The first-order valence-electron chi connectivity index (χ1n) is 9.08. The summed E-state index contributed by atoms with van der Waals surface area (Å²) in [5.74, 6) is -0.176. The second kappa shape index (κ2) is 9.11. The van der Waals surface area contributed by atoms with Crippen molar-refractivity contribution in [2.24, 2.45) is 4.99 Å². The van der Waals surface area contributed by atoms with Gasteiger partial charge in [0.2, 0.25) is 0 Å². The molecular weight excluding hydrogens is 344 g/mol. The highest BCUT2D eigenvalue weighted by molar-refractivity contribution is 6.14. The molecule has 0 radical (unpaired) electrons. The quantitative estimate of drug-likeness (QED) is 0.709. The van der Waals surface area contributed by atoms with E-state index in [9.17, 15) is 4.79 Å².